The van der Waals surface area contributed by atoms with Gasteiger partial charge in [0, 0.05) is 30.3 Å². The van der Waals surface area contributed by atoms with Crippen molar-refractivity contribution in [2.24, 2.45) is 0 Å². The molecule has 1 amide bonds. The van der Waals surface area contributed by atoms with E-state index in [2.05, 4.69) is 47.3 Å². The van der Waals surface area contributed by atoms with E-state index in [0.29, 0.717) is 18.0 Å². The smallest absolute Gasteiger partial charge is 0.280 e. The van der Waals surface area contributed by atoms with Crippen LogP contribution in [0.4, 0.5) is 5.69 Å². The van der Waals surface area contributed by atoms with Crippen molar-refractivity contribution in [2.75, 3.05) is 31.6 Å². The molecule has 3 heterocycles. The molecule has 1 aromatic heterocycles. The Hall–Kier alpha value is -3.12. The Kier molecular flexibility index (Phi) is 5.25. The van der Waals surface area contributed by atoms with E-state index in [1.165, 1.54) is 16.7 Å². The zero-order valence-corrected chi connectivity index (χ0v) is 18.9. The van der Waals surface area contributed by atoms with Crippen LogP contribution in [0.3, 0.4) is 0 Å². The molecule has 6 nitrogen and oxygen atoms in total. The molecule has 2 aliphatic rings. The number of carbonyl (C=O) groups is 1. The average Bonchev–Trinajstić information content (AvgIpc) is 3.37. The van der Waals surface area contributed by atoms with Gasteiger partial charge >= 0.3 is 0 Å². The third kappa shape index (κ3) is 3.69. The summed E-state index contributed by atoms with van der Waals surface area (Å²) < 4.78 is 10.5. The number of nitrogens with zero attached hydrogens (tertiary/aromatic N) is 3. The molecule has 2 aliphatic heterocycles. The number of aromatic nitrogens is 1. The molecular weight excluding hydrogens is 402 g/mol. The Bertz CT molecular complexity index is 1140. The molecule has 0 N–H and O–H groups in total. The SMILES string of the molecule is COc1cccc(CN2CCC3(CC2)CN(C(=O)c2cc(C)on2)c2ccc(C)cc23)c1. The van der Waals surface area contributed by atoms with Crippen LogP contribution in [-0.4, -0.2) is 42.7 Å². The second-order valence-corrected chi connectivity index (χ2v) is 9.14. The molecule has 0 saturated carbocycles. The molecule has 2 aromatic carbocycles. The van der Waals surface area contributed by atoms with Gasteiger partial charge in [-0.25, -0.2) is 0 Å². The lowest BCUT2D eigenvalue weighted by Crippen LogP contribution is -2.45. The van der Waals surface area contributed by atoms with Gasteiger partial charge in [0.2, 0.25) is 0 Å². The number of piperidine rings is 1. The first-order valence-corrected chi connectivity index (χ1v) is 11.2. The fraction of sp³-hybridized carbons (Fsp3) is 0.385. The van der Waals surface area contributed by atoms with Crippen LogP contribution >= 0.6 is 0 Å². The minimum atomic E-state index is -0.0809. The van der Waals surface area contributed by atoms with Crippen molar-refractivity contribution in [1.29, 1.82) is 0 Å². The van der Waals surface area contributed by atoms with Crippen molar-refractivity contribution in [1.82, 2.24) is 10.1 Å². The van der Waals surface area contributed by atoms with Crippen LogP contribution in [0.5, 0.6) is 5.75 Å². The summed E-state index contributed by atoms with van der Waals surface area (Å²) in [6, 6.07) is 16.5. The number of amides is 1. The first kappa shape index (κ1) is 20.8. The van der Waals surface area contributed by atoms with E-state index >= 15 is 0 Å². The molecule has 1 spiro atoms. The molecule has 0 aliphatic carbocycles. The van der Waals surface area contributed by atoms with Crippen molar-refractivity contribution in [2.45, 2.75) is 38.6 Å². The molecule has 0 radical (unpaired) electrons. The Morgan fingerprint density at radius 3 is 2.66 bits per heavy atom. The van der Waals surface area contributed by atoms with Crippen LogP contribution in [0, 0.1) is 13.8 Å². The average molecular weight is 432 g/mol. The number of fused-ring (bicyclic) bond motifs is 2. The highest BCUT2D eigenvalue weighted by molar-refractivity contribution is 6.06. The van der Waals surface area contributed by atoms with E-state index in [1.807, 2.05) is 24.0 Å². The number of anilines is 1. The minimum Gasteiger partial charge on any atom is -0.497 e. The van der Waals surface area contributed by atoms with Gasteiger partial charge in [0.05, 0.1) is 7.11 Å². The maximum atomic E-state index is 13.3. The fourth-order valence-corrected chi connectivity index (χ4v) is 5.17. The third-order valence-electron chi connectivity index (χ3n) is 6.92. The van der Waals surface area contributed by atoms with Crippen LogP contribution in [-0.2, 0) is 12.0 Å². The second kappa shape index (κ2) is 8.10. The van der Waals surface area contributed by atoms with Gasteiger partial charge in [-0.05, 0) is 69.1 Å². The lowest BCUT2D eigenvalue weighted by atomic mass is 9.74. The fourth-order valence-electron chi connectivity index (χ4n) is 5.17. The molecule has 1 fully saturated rings. The largest absolute Gasteiger partial charge is 0.497 e. The Balaban J connectivity index is 1.37. The molecule has 1 saturated heterocycles. The second-order valence-electron chi connectivity index (χ2n) is 9.14. The maximum Gasteiger partial charge on any atom is 0.280 e. The number of methoxy groups -OCH3 is 1. The zero-order chi connectivity index (χ0) is 22.3. The van der Waals surface area contributed by atoms with E-state index in [-0.39, 0.29) is 11.3 Å². The quantitative estimate of drug-likeness (QED) is 0.609. The number of hydrogen-bond donors (Lipinski definition) is 0. The molecule has 6 heteroatoms. The van der Waals surface area contributed by atoms with Crippen LogP contribution in [0.1, 0.15) is 45.8 Å². The van der Waals surface area contributed by atoms with E-state index in [4.69, 9.17) is 9.26 Å². The van der Waals surface area contributed by atoms with Crippen LogP contribution in [0.15, 0.2) is 53.1 Å². The van der Waals surface area contributed by atoms with Crippen molar-refractivity contribution < 1.29 is 14.1 Å². The lowest BCUT2D eigenvalue weighted by molar-refractivity contribution is 0.0967. The van der Waals surface area contributed by atoms with E-state index < -0.39 is 0 Å². The summed E-state index contributed by atoms with van der Waals surface area (Å²) in [4.78, 5) is 17.7. The standard InChI is InChI=1S/C26H29N3O3/c1-18-7-8-24-22(13-18)26(17-29(24)25(30)23-14-19(2)32-27-23)9-11-28(12-10-26)16-20-5-4-6-21(15-20)31-3/h4-8,13-15H,9-12,16-17H2,1-3H3. The van der Waals surface area contributed by atoms with Gasteiger partial charge in [-0.3, -0.25) is 9.69 Å². The molecule has 5 rings (SSSR count). The van der Waals surface area contributed by atoms with Gasteiger partial charge in [0.15, 0.2) is 5.69 Å². The maximum absolute atomic E-state index is 13.3. The lowest BCUT2D eigenvalue weighted by Gasteiger charge is -2.40. The predicted octanol–water partition coefficient (Wildman–Crippen LogP) is 4.49. The van der Waals surface area contributed by atoms with E-state index in [1.54, 1.807) is 13.2 Å². The minimum absolute atomic E-state index is 0.0132. The normalized spacial score (nSPS) is 17.5. The highest BCUT2D eigenvalue weighted by Gasteiger charge is 2.46. The number of ether oxygens (including phenoxy) is 1. The van der Waals surface area contributed by atoms with Crippen molar-refractivity contribution in [3.63, 3.8) is 0 Å². The van der Waals surface area contributed by atoms with Crippen molar-refractivity contribution in [3.05, 3.63) is 76.7 Å². The third-order valence-corrected chi connectivity index (χ3v) is 6.92. The first-order chi connectivity index (χ1) is 15.5. The predicted molar refractivity (Wildman–Crippen MR) is 123 cm³/mol. The van der Waals surface area contributed by atoms with Gasteiger partial charge in [-0.1, -0.05) is 35.0 Å². The monoisotopic (exact) mass is 431 g/mol. The van der Waals surface area contributed by atoms with Crippen LogP contribution in [0.2, 0.25) is 0 Å². The van der Waals surface area contributed by atoms with E-state index in [9.17, 15) is 4.79 Å². The molecule has 3 aromatic rings. The number of benzene rings is 2. The van der Waals surface area contributed by atoms with Crippen molar-refractivity contribution in [3.8, 4) is 5.75 Å². The van der Waals surface area contributed by atoms with Crippen molar-refractivity contribution >= 4 is 11.6 Å². The Morgan fingerprint density at radius 1 is 1.12 bits per heavy atom. The summed E-state index contributed by atoms with van der Waals surface area (Å²) in [6.07, 6.45) is 2.05. The first-order valence-electron chi connectivity index (χ1n) is 11.2. The summed E-state index contributed by atoms with van der Waals surface area (Å²) in [6.45, 7) is 7.53. The number of carbonyl (C=O) groups excluding carboxylic acids is 1. The van der Waals surface area contributed by atoms with Gasteiger partial charge in [0.1, 0.15) is 11.5 Å². The summed E-state index contributed by atoms with van der Waals surface area (Å²) in [5.41, 5.74) is 5.17. The number of hydrogen-bond acceptors (Lipinski definition) is 5. The van der Waals surface area contributed by atoms with Crippen LogP contribution in [0.25, 0.3) is 0 Å². The Labute approximate surface area is 188 Å². The summed E-state index contributed by atoms with van der Waals surface area (Å²) in [7, 11) is 1.71. The summed E-state index contributed by atoms with van der Waals surface area (Å²) >= 11 is 0. The molecule has 0 bridgehead atoms. The highest BCUT2D eigenvalue weighted by Crippen LogP contribution is 2.48. The molecule has 166 valence electrons. The van der Waals surface area contributed by atoms with Gasteiger partial charge < -0.3 is 14.2 Å². The van der Waals surface area contributed by atoms with Gasteiger partial charge in [-0.2, -0.15) is 0 Å². The molecular formula is C26H29N3O3. The number of likely N-dealkylation sites (tertiary alicyclic amines) is 1. The zero-order valence-electron chi connectivity index (χ0n) is 18.9. The number of rotatable bonds is 4. The van der Waals surface area contributed by atoms with E-state index in [0.717, 1.165) is 43.9 Å². The highest BCUT2D eigenvalue weighted by atomic mass is 16.5. The van der Waals surface area contributed by atoms with Gasteiger partial charge in [-0.15, -0.1) is 0 Å². The van der Waals surface area contributed by atoms with Crippen LogP contribution < -0.4 is 9.64 Å². The summed E-state index contributed by atoms with van der Waals surface area (Å²) in [5.74, 6) is 1.47. The molecule has 0 atom stereocenters. The molecule has 32 heavy (non-hydrogen) atoms. The van der Waals surface area contributed by atoms with Gasteiger partial charge in [0.25, 0.3) is 5.91 Å². The number of aryl methyl sites for hydroxylation is 2. The summed E-state index contributed by atoms with van der Waals surface area (Å²) in [5, 5.41) is 3.97. The Morgan fingerprint density at radius 2 is 1.94 bits per heavy atom. The molecule has 0 unspecified atom stereocenters. The topological polar surface area (TPSA) is 58.8 Å².